The Hall–Kier alpha value is -2.61. The summed E-state index contributed by atoms with van der Waals surface area (Å²) in [4.78, 5) is 26.8. The molecule has 1 saturated heterocycles. The largest absolute Gasteiger partial charge is 0.468 e. The third kappa shape index (κ3) is 3.81. The SMILES string of the molecule is COC(=O)Cn1cc(C=C2SC(=S)N(c3ccc(Cl)cc3)C2=O)c2ccccc21. The molecular formula is C21H15ClN2O3S2. The van der Waals surface area contributed by atoms with E-state index in [-0.39, 0.29) is 18.4 Å². The molecule has 0 unspecified atom stereocenters. The molecule has 0 spiro atoms. The number of amides is 1. The second kappa shape index (κ2) is 8.02. The summed E-state index contributed by atoms with van der Waals surface area (Å²) in [7, 11) is 1.36. The molecular weight excluding hydrogens is 428 g/mol. The van der Waals surface area contributed by atoms with Crippen molar-refractivity contribution in [3.63, 3.8) is 0 Å². The van der Waals surface area contributed by atoms with Crippen LogP contribution in [0.15, 0.2) is 59.6 Å². The van der Waals surface area contributed by atoms with Crippen LogP contribution < -0.4 is 4.90 Å². The number of nitrogens with zero attached hydrogens (tertiary/aromatic N) is 2. The lowest BCUT2D eigenvalue weighted by Crippen LogP contribution is -2.27. The molecule has 0 N–H and O–H groups in total. The van der Waals surface area contributed by atoms with E-state index in [0.717, 1.165) is 16.5 Å². The Labute approximate surface area is 181 Å². The number of carbonyl (C=O) groups is 2. The van der Waals surface area contributed by atoms with Crippen molar-refractivity contribution in [2.24, 2.45) is 0 Å². The number of fused-ring (bicyclic) bond motifs is 1. The van der Waals surface area contributed by atoms with Gasteiger partial charge in [0, 0.05) is 27.7 Å². The molecule has 2 aromatic carbocycles. The van der Waals surface area contributed by atoms with Crippen LogP contribution in [0.4, 0.5) is 5.69 Å². The zero-order valence-corrected chi connectivity index (χ0v) is 17.7. The predicted molar refractivity (Wildman–Crippen MR) is 121 cm³/mol. The lowest BCUT2D eigenvalue weighted by atomic mass is 10.1. The van der Waals surface area contributed by atoms with Gasteiger partial charge in [-0.3, -0.25) is 14.5 Å². The molecule has 4 rings (SSSR count). The van der Waals surface area contributed by atoms with E-state index in [1.54, 1.807) is 24.3 Å². The number of para-hydroxylation sites is 1. The fourth-order valence-corrected chi connectivity index (χ4v) is 4.56. The van der Waals surface area contributed by atoms with Crippen LogP contribution in [0, 0.1) is 0 Å². The quantitative estimate of drug-likeness (QED) is 0.327. The maximum absolute atomic E-state index is 13.0. The molecule has 1 aromatic heterocycles. The third-order valence-electron chi connectivity index (χ3n) is 4.51. The molecule has 8 heteroatoms. The summed E-state index contributed by atoms with van der Waals surface area (Å²) in [6.45, 7) is 0.0938. The highest BCUT2D eigenvalue weighted by Gasteiger charge is 2.33. The second-order valence-corrected chi connectivity index (χ2v) is 8.41. The topological polar surface area (TPSA) is 51.5 Å². The van der Waals surface area contributed by atoms with E-state index in [2.05, 4.69) is 0 Å². The first kappa shape index (κ1) is 19.7. The monoisotopic (exact) mass is 442 g/mol. The number of methoxy groups -OCH3 is 1. The number of benzene rings is 2. The van der Waals surface area contributed by atoms with Crippen LogP contribution in [0.25, 0.3) is 17.0 Å². The van der Waals surface area contributed by atoms with Crippen LogP contribution in [0.2, 0.25) is 5.02 Å². The molecule has 1 amide bonds. The van der Waals surface area contributed by atoms with Crippen molar-refractivity contribution >= 4 is 74.4 Å². The van der Waals surface area contributed by atoms with E-state index in [0.29, 0.717) is 19.9 Å². The zero-order valence-electron chi connectivity index (χ0n) is 15.3. The summed E-state index contributed by atoms with van der Waals surface area (Å²) in [5.74, 6) is -0.529. The maximum Gasteiger partial charge on any atom is 0.325 e. The molecule has 0 saturated carbocycles. The Morgan fingerprint density at radius 1 is 1.21 bits per heavy atom. The van der Waals surface area contributed by atoms with Crippen LogP contribution in [-0.4, -0.2) is 27.9 Å². The summed E-state index contributed by atoms with van der Waals surface area (Å²) in [6, 6.07) is 14.7. The van der Waals surface area contributed by atoms with Gasteiger partial charge in [0.05, 0.1) is 17.7 Å². The van der Waals surface area contributed by atoms with Gasteiger partial charge in [0.25, 0.3) is 5.91 Å². The third-order valence-corrected chi connectivity index (χ3v) is 6.07. The van der Waals surface area contributed by atoms with Gasteiger partial charge in [-0.2, -0.15) is 0 Å². The normalized spacial score (nSPS) is 15.5. The van der Waals surface area contributed by atoms with Crippen molar-refractivity contribution < 1.29 is 14.3 Å². The lowest BCUT2D eigenvalue weighted by Gasteiger charge is -2.14. The number of halogens is 1. The van der Waals surface area contributed by atoms with Crippen molar-refractivity contribution in [3.8, 4) is 0 Å². The molecule has 146 valence electrons. The molecule has 0 radical (unpaired) electrons. The number of ether oxygens (including phenoxy) is 1. The molecule has 1 aliphatic rings. The predicted octanol–water partition coefficient (Wildman–Crippen LogP) is 4.87. The molecule has 0 aliphatic carbocycles. The average Bonchev–Trinajstić information content (AvgIpc) is 3.20. The summed E-state index contributed by atoms with van der Waals surface area (Å²) >= 11 is 12.6. The highest BCUT2D eigenvalue weighted by atomic mass is 35.5. The van der Waals surface area contributed by atoms with Crippen LogP contribution in [0.3, 0.4) is 0 Å². The first-order valence-corrected chi connectivity index (χ1v) is 10.3. The Morgan fingerprint density at radius 3 is 2.66 bits per heavy atom. The van der Waals surface area contributed by atoms with Gasteiger partial charge in [-0.1, -0.05) is 53.8 Å². The molecule has 0 atom stereocenters. The van der Waals surface area contributed by atoms with E-state index in [1.807, 2.05) is 41.1 Å². The van der Waals surface area contributed by atoms with Crippen LogP contribution in [0.5, 0.6) is 0 Å². The van der Waals surface area contributed by atoms with Crippen molar-refractivity contribution in [1.82, 2.24) is 4.57 Å². The molecule has 0 bridgehead atoms. The van der Waals surface area contributed by atoms with Crippen molar-refractivity contribution in [1.29, 1.82) is 0 Å². The number of thioether (sulfide) groups is 1. The maximum atomic E-state index is 13.0. The molecule has 3 aromatic rings. The second-order valence-electron chi connectivity index (χ2n) is 6.30. The van der Waals surface area contributed by atoms with E-state index in [9.17, 15) is 9.59 Å². The Morgan fingerprint density at radius 2 is 1.93 bits per heavy atom. The summed E-state index contributed by atoms with van der Waals surface area (Å²) in [6.07, 6.45) is 3.65. The first-order chi connectivity index (χ1) is 14.0. The lowest BCUT2D eigenvalue weighted by molar-refractivity contribution is -0.141. The van der Waals surface area contributed by atoms with Crippen molar-refractivity contribution in [2.75, 3.05) is 12.0 Å². The number of carbonyl (C=O) groups excluding carboxylic acids is 2. The molecule has 5 nitrogen and oxygen atoms in total. The highest BCUT2D eigenvalue weighted by Crippen LogP contribution is 2.37. The molecule has 1 aliphatic heterocycles. The van der Waals surface area contributed by atoms with E-state index >= 15 is 0 Å². The van der Waals surface area contributed by atoms with E-state index in [1.165, 1.54) is 23.8 Å². The fraction of sp³-hybridized carbons (Fsp3) is 0.0952. The molecule has 2 heterocycles. The minimum Gasteiger partial charge on any atom is -0.468 e. The van der Waals surface area contributed by atoms with Gasteiger partial charge < -0.3 is 9.30 Å². The van der Waals surface area contributed by atoms with Gasteiger partial charge in [-0.05, 0) is 36.4 Å². The average molecular weight is 443 g/mol. The summed E-state index contributed by atoms with van der Waals surface area (Å²) in [5.41, 5.74) is 2.40. The Kier molecular flexibility index (Phi) is 5.45. The Balaban J connectivity index is 1.72. The van der Waals surface area contributed by atoms with E-state index in [4.69, 9.17) is 28.6 Å². The van der Waals surface area contributed by atoms with Gasteiger partial charge in [0.2, 0.25) is 0 Å². The highest BCUT2D eigenvalue weighted by molar-refractivity contribution is 8.27. The standard InChI is InChI=1S/C21H15ClN2O3S2/c1-27-19(25)12-23-11-13(16-4-2-3-5-17(16)23)10-18-20(26)24(21(28)29-18)15-8-6-14(22)7-9-15/h2-11H,12H2,1H3. The summed E-state index contributed by atoms with van der Waals surface area (Å²) in [5, 5.41) is 1.53. The smallest absolute Gasteiger partial charge is 0.325 e. The fourth-order valence-electron chi connectivity index (χ4n) is 3.15. The summed E-state index contributed by atoms with van der Waals surface area (Å²) < 4.78 is 7.05. The van der Waals surface area contributed by atoms with Crippen molar-refractivity contribution in [3.05, 3.63) is 70.2 Å². The Bertz CT molecular complexity index is 1170. The van der Waals surface area contributed by atoms with Crippen LogP contribution >= 0.6 is 35.6 Å². The van der Waals surface area contributed by atoms with E-state index < -0.39 is 0 Å². The number of anilines is 1. The van der Waals surface area contributed by atoms with Crippen LogP contribution in [-0.2, 0) is 20.9 Å². The number of thiocarbonyl (C=S) groups is 1. The van der Waals surface area contributed by atoms with Gasteiger partial charge in [-0.15, -0.1) is 0 Å². The number of hydrogen-bond donors (Lipinski definition) is 0. The van der Waals surface area contributed by atoms with Gasteiger partial charge >= 0.3 is 5.97 Å². The molecule has 1 fully saturated rings. The zero-order chi connectivity index (χ0) is 20.5. The molecule has 29 heavy (non-hydrogen) atoms. The first-order valence-electron chi connectivity index (χ1n) is 8.66. The number of rotatable bonds is 4. The van der Waals surface area contributed by atoms with Gasteiger partial charge in [0.15, 0.2) is 4.32 Å². The van der Waals surface area contributed by atoms with Gasteiger partial charge in [-0.25, -0.2) is 0 Å². The minimum atomic E-state index is -0.341. The van der Waals surface area contributed by atoms with Crippen LogP contribution in [0.1, 0.15) is 5.56 Å². The number of hydrogen-bond acceptors (Lipinski definition) is 5. The number of aromatic nitrogens is 1. The number of esters is 1. The minimum absolute atomic E-state index is 0.0938. The van der Waals surface area contributed by atoms with Crippen molar-refractivity contribution in [2.45, 2.75) is 6.54 Å². The van der Waals surface area contributed by atoms with Gasteiger partial charge in [0.1, 0.15) is 6.54 Å².